The summed E-state index contributed by atoms with van der Waals surface area (Å²) in [5, 5.41) is 14.1. The Morgan fingerprint density at radius 1 is 1.16 bits per heavy atom. The van der Waals surface area contributed by atoms with Gasteiger partial charge in [-0.2, -0.15) is 4.73 Å². The molecule has 1 fully saturated rings. The van der Waals surface area contributed by atoms with Gasteiger partial charge in [-0.15, -0.1) is 0 Å². The van der Waals surface area contributed by atoms with Crippen LogP contribution in [0.2, 0.25) is 0 Å². The number of amides is 1. The van der Waals surface area contributed by atoms with Crippen LogP contribution in [0.25, 0.3) is 0 Å². The van der Waals surface area contributed by atoms with Gasteiger partial charge in [-0.1, -0.05) is 37.5 Å². The van der Waals surface area contributed by atoms with E-state index in [1.165, 1.54) is 56.6 Å². The van der Waals surface area contributed by atoms with Crippen LogP contribution in [-0.2, 0) is 6.54 Å². The van der Waals surface area contributed by atoms with Gasteiger partial charge in [-0.05, 0) is 31.5 Å². The van der Waals surface area contributed by atoms with E-state index in [1.807, 2.05) is 18.2 Å². The summed E-state index contributed by atoms with van der Waals surface area (Å²) in [5.74, 6) is -0.201. The number of nitrogens with one attached hydrogen (secondary N) is 1. The van der Waals surface area contributed by atoms with Gasteiger partial charge in [0.15, 0.2) is 12.4 Å². The Morgan fingerprint density at radius 3 is 2.56 bits per heavy atom. The summed E-state index contributed by atoms with van der Waals surface area (Å²) in [6.45, 7) is 0.816. The van der Waals surface area contributed by atoms with Gasteiger partial charge in [-0.25, -0.2) is 0 Å². The van der Waals surface area contributed by atoms with Gasteiger partial charge >= 0.3 is 0 Å². The van der Waals surface area contributed by atoms with Crippen LogP contribution in [0.1, 0.15) is 48.0 Å². The van der Waals surface area contributed by atoms with E-state index in [9.17, 15) is 10.0 Å². The molecule has 0 bridgehead atoms. The SMILES string of the molecule is CN(Cc1ccccc1NC(=O)c1cc[n+]([O-])cc1)C1CCCCC1. The van der Waals surface area contributed by atoms with Gasteiger partial charge in [0.1, 0.15) is 0 Å². The molecule has 2 aromatic rings. The first kappa shape index (κ1) is 17.4. The van der Waals surface area contributed by atoms with Crippen molar-refractivity contribution in [3.05, 3.63) is 65.1 Å². The minimum absolute atomic E-state index is 0.201. The van der Waals surface area contributed by atoms with Crippen molar-refractivity contribution in [1.82, 2.24) is 4.90 Å². The molecule has 3 rings (SSSR count). The number of hydrogen-bond acceptors (Lipinski definition) is 3. The summed E-state index contributed by atoms with van der Waals surface area (Å²) >= 11 is 0. The van der Waals surface area contributed by atoms with Gasteiger partial charge in [0.2, 0.25) is 0 Å². The maximum atomic E-state index is 12.4. The second-order valence-corrected chi connectivity index (χ2v) is 6.76. The molecule has 0 unspecified atom stereocenters. The Bertz CT molecular complexity index is 709. The number of nitrogens with zero attached hydrogens (tertiary/aromatic N) is 2. The molecule has 132 valence electrons. The van der Waals surface area contributed by atoms with Crippen LogP contribution in [0.15, 0.2) is 48.8 Å². The van der Waals surface area contributed by atoms with Crippen molar-refractivity contribution in [1.29, 1.82) is 0 Å². The first-order chi connectivity index (χ1) is 12.1. The van der Waals surface area contributed by atoms with Gasteiger partial charge in [-0.3, -0.25) is 9.69 Å². The van der Waals surface area contributed by atoms with Gasteiger partial charge < -0.3 is 10.5 Å². The zero-order valence-corrected chi connectivity index (χ0v) is 14.6. The fourth-order valence-electron chi connectivity index (χ4n) is 3.46. The molecular weight excluding hydrogens is 314 g/mol. The average Bonchev–Trinajstić information content (AvgIpc) is 2.64. The fourth-order valence-corrected chi connectivity index (χ4v) is 3.46. The third kappa shape index (κ3) is 4.57. The molecule has 1 amide bonds. The van der Waals surface area contributed by atoms with Crippen LogP contribution in [0.4, 0.5) is 5.69 Å². The molecule has 1 saturated carbocycles. The van der Waals surface area contributed by atoms with E-state index in [4.69, 9.17) is 0 Å². The van der Waals surface area contributed by atoms with Crippen LogP contribution in [0.3, 0.4) is 0 Å². The molecule has 1 aromatic heterocycles. The molecule has 5 heteroatoms. The van der Waals surface area contributed by atoms with Gasteiger partial charge in [0, 0.05) is 30.4 Å². The zero-order valence-electron chi connectivity index (χ0n) is 14.6. The van der Waals surface area contributed by atoms with Crippen LogP contribution in [0.5, 0.6) is 0 Å². The predicted molar refractivity (Wildman–Crippen MR) is 98.1 cm³/mol. The lowest BCUT2D eigenvalue weighted by Gasteiger charge is -2.31. The first-order valence-corrected chi connectivity index (χ1v) is 8.92. The fraction of sp³-hybridized carbons (Fsp3) is 0.400. The summed E-state index contributed by atoms with van der Waals surface area (Å²) in [5.41, 5.74) is 2.41. The van der Waals surface area contributed by atoms with Crippen molar-refractivity contribution >= 4 is 11.6 Å². The van der Waals surface area contributed by atoms with E-state index in [1.54, 1.807) is 0 Å². The molecule has 5 nitrogen and oxygen atoms in total. The number of benzene rings is 1. The molecule has 1 aliphatic rings. The van der Waals surface area contributed by atoms with E-state index >= 15 is 0 Å². The number of aromatic nitrogens is 1. The van der Waals surface area contributed by atoms with Crippen molar-refractivity contribution in [3.8, 4) is 0 Å². The summed E-state index contributed by atoms with van der Waals surface area (Å²) in [7, 11) is 2.17. The van der Waals surface area contributed by atoms with Gasteiger partial charge in [0.25, 0.3) is 5.91 Å². The standard InChI is InChI=1S/C20H25N3O2/c1-22(18-8-3-2-4-9-18)15-17-7-5-6-10-19(17)21-20(24)16-11-13-23(25)14-12-16/h5-7,10-14,18H,2-4,8-9,15H2,1H3,(H,21,24). The van der Waals surface area contributed by atoms with E-state index in [-0.39, 0.29) is 5.91 Å². The lowest BCUT2D eigenvalue weighted by Crippen LogP contribution is -2.33. The molecule has 0 atom stereocenters. The Hall–Kier alpha value is -2.40. The molecule has 1 aliphatic carbocycles. The maximum Gasteiger partial charge on any atom is 0.256 e. The molecule has 1 N–H and O–H groups in total. The molecule has 1 aromatic carbocycles. The van der Waals surface area contributed by atoms with Crippen molar-refractivity contribution in [2.45, 2.75) is 44.7 Å². The van der Waals surface area contributed by atoms with Crippen molar-refractivity contribution < 1.29 is 9.52 Å². The van der Waals surface area contributed by atoms with Crippen LogP contribution in [0, 0.1) is 5.21 Å². The smallest absolute Gasteiger partial charge is 0.256 e. The monoisotopic (exact) mass is 339 g/mol. The molecular formula is C20H25N3O2. The number of para-hydroxylation sites is 1. The third-order valence-electron chi connectivity index (χ3n) is 4.95. The molecule has 0 aliphatic heterocycles. The lowest BCUT2D eigenvalue weighted by molar-refractivity contribution is -0.605. The largest absolute Gasteiger partial charge is 0.619 e. The minimum Gasteiger partial charge on any atom is -0.619 e. The minimum atomic E-state index is -0.201. The van der Waals surface area contributed by atoms with Crippen molar-refractivity contribution in [3.63, 3.8) is 0 Å². The second-order valence-electron chi connectivity index (χ2n) is 6.76. The predicted octanol–water partition coefficient (Wildman–Crippen LogP) is 3.34. The molecule has 25 heavy (non-hydrogen) atoms. The normalized spacial score (nSPS) is 15.3. The number of anilines is 1. The maximum absolute atomic E-state index is 12.4. The third-order valence-corrected chi connectivity index (χ3v) is 4.95. The number of carbonyl (C=O) groups is 1. The second kappa shape index (κ2) is 8.12. The highest BCUT2D eigenvalue weighted by Gasteiger charge is 2.19. The van der Waals surface area contributed by atoms with E-state index in [0.717, 1.165) is 17.8 Å². The number of rotatable bonds is 5. The Balaban J connectivity index is 1.69. The molecule has 0 spiro atoms. The Kier molecular flexibility index (Phi) is 5.66. The van der Waals surface area contributed by atoms with Crippen LogP contribution in [-0.4, -0.2) is 23.9 Å². The summed E-state index contributed by atoms with van der Waals surface area (Å²) in [4.78, 5) is 14.8. The number of hydrogen-bond donors (Lipinski definition) is 1. The van der Waals surface area contributed by atoms with E-state index in [2.05, 4.69) is 23.3 Å². The molecule has 0 saturated heterocycles. The molecule has 1 heterocycles. The Labute approximate surface area is 148 Å². The van der Waals surface area contributed by atoms with Crippen LogP contribution < -0.4 is 10.0 Å². The summed E-state index contributed by atoms with van der Waals surface area (Å²) in [6.07, 6.45) is 9.13. The highest BCUT2D eigenvalue weighted by molar-refractivity contribution is 6.04. The van der Waals surface area contributed by atoms with Crippen molar-refractivity contribution in [2.75, 3.05) is 12.4 Å². The summed E-state index contributed by atoms with van der Waals surface area (Å²) in [6, 6.07) is 11.6. The number of pyridine rings is 1. The quantitative estimate of drug-likeness (QED) is 0.671. The highest BCUT2D eigenvalue weighted by atomic mass is 16.5. The van der Waals surface area contributed by atoms with Crippen molar-refractivity contribution in [2.24, 2.45) is 0 Å². The summed E-state index contributed by atoms with van der Waals surface area (Å²) < 4.78 is 0.670. The average molecular weight is 339 g/mol. The zero-order chi connectivity index (χ0) is 17.6. The van der Waals surface area contributed by atoms with Crippen LogP contribution >= 0.6 is 0 Å². The van der Waals surface area contributed by atoms with E-state index in [0.29, 0.717) is 16.3 Å². The Morgan fingerprint density at radius 2 is 1.84 bits per heavy atom. The van der Waals surface area contributed by atoms with Gasteiger partial charge in [0.05, 0.1) is 5.56 Å². The number of carbonyl (C=O) groups excluding carboxylic acids is 1. The first-order valence-electron chi connectivity index (χ1n) is 8.92. The topological polar surface area (TPSA) is 59.3 Å². The van der Waals surface area contributed by atoms with E-state index < -0.39 is 0 Å². The lowest BCUT2D eigenvalue weighted by atomic mass is 9.94. The molecule has 0 radical (unpaired) electrons. The highest BCUT2D eigenvalue weighted by Crippen LogP contribution is 2.25.